The molecule has 0 bridgehead atoms. The SMILES string of the molecule is Cc1cc(-c2cc(C(F)F)c(O[C@@H](N)C(C)CC(C)C)cn2)c(F)cn1. The molecule has 2 aromatic heterocycles. The number of rotatable bonds is 7. The van der Waals surface area contributed by atoms with Crippen molar-refractivity contribution in [3.63, 3.8) is 0 Å². The lowest BCUT2D eigenvalue weighted by molar-refractivity contribution is 0.114. The highest BCUT2D eigenvalue weighted by molar-refractivity contribution is 5.62. The van der Waals surface area contributed by atoms with Gasteiger partial charge >= 0.3 is 0 Å². The zero-order chi connectivity index (χ0) is 19.4. The van der Waals surface area contributed by atoms with Gasteiger partial charge in [0.25, 0.3) is 6.43 Å². The van der Waals surface area contributed by atoms with Gasteiger partial charge in [0.2, 0.25) is 0 Å². The van der Waals surface area contributed by atoms with Gasteiger partial charge < -0.3 is 4.74 Å². The summed E-state index contributed by atoms with van der Waals surface area (Å²) in [5, 5.41) is 0. The summed E-state index contributed by atoms with van der Waals surface area (Å²) in [5.74, 6) is -0.314. The topological polar surface area (TPSA) is 61.0 Å². The van der Waals surface area contributed by atoms with Gasteiger partial charge in [0.15, 0.2) is 5.82 Å². The first-order valence-corrected chi connectivity index (χ1v) is 8.51. The highest BCUT2D eigenvalue weighted by atomic mass is 19.3. The average molecular weight is 367 g/mol. The quantitative estimate of drug-likeness (QED) is 0.709. The molecule has 4 nitrogen and oxygen atoms in total. The fourth-order valence-corrected chi connectivity index (χ4v) is 2.75. The molecule has 1 unspecified atom stereocenters. The van der Waals surface area contributed by atoms with Crippen LogP contribution in [0.2, 0.25) is 0 Å². The normalized spacial score (nSPS) is 13.9. The van der Waals surface area contributed by atoms with Crippen molar-refractivity contribution in [1.82, 2.24) is 9.97 Å². The maximum Gasteiger partial charge on any atom is 0.267 e. The van der Waals surface area contributed by atoms with Crippen LogP contribution in [-0.4, -0.2) is 16.2 Å². The van der Waals surface area contributed by atoms with Gasteiger partial charge in [-0.15, -0.1) is 0 Å². The molecule has 7 heteroatoms. The van der Waals surface area contributed by atoms with Crippen LogP contribution in [0.3, 0.4) is 0 Å². The first kappa shape index (κ1) is 20.2. The molecular formula is C19H24F3N3O. The number of pyridine rings is 2. The highest BCUT2D eigenvalue weighted by Crippen LogP contribution is 2.33. The molecule has 142 valence electrons. The molecule has 2 rings (SSSR count). The number of ether oxygens (including phenoxy) is 1. The molecule has 0 saturated heterocycles. The Morgan fingerprint density at radius 2 is 1.81 bits per heavy atom. The van der Waals surface area contributed by atoms with Crippen molar-refractivity contribution in [2.45, 2.75) is 46.8 Å². The third-order valence-corrected chi connectivity index (χ3v) is 4.07. The van der Waals surface area contributed by atoms with Gasteiger partial charge in [-0.25, -0.2) is 13.2 Å². The molecule has 0 aliphatic rings. The van der Waals surface area contributed by atoms with E-state index >= 15 is 0 Å². The predicted molar refractivity (Wildman–Crippen MR) is 94.3 cm³/mol. The summed E-state index contributed by atoms with van der Waals surface area (Å²) in [7, 11) is 0. The summed E-state index contributed by atoms with van der Waals surface area (Å²) in [6.07, 6.45) is -0.512. The Morgan fingerprint density at radius 3 is 2.42 bits per heavy atom. The van der Waals surface area contributed by atoms with E-state index in [0.717, 1.165) is 18.7 Å². The third-order valence-electron chi connectivity index (χ3n) is 4.07. The molecular weight excluding hydrogens is 343 g/mol. The van der Waals surface area contributed by atoms with Crippen molar-refractivity contribution in [2.24, 2.45) is 17.6 Å². The number of nitrogens with zero attached hydrogens (tertiary/aromatic N) is 2. The van der Waals surface area contributed by atoms with E-state index in [2.05, 4.69) is 23.8 Å². The minimum atomic E-state index is -2.80. The van der Waals surface area contributed by atoms with Crippen LogP contribution in [-0.2, 0) is 0 Å². The second-order valence-electron chi connectivity index (χ2n) is 6.90. The number of halogens is 3. The van der Waals surface area contributed by atoms with Gasteiger partial charge in [0.05, 0.1) is 23.7 Å². The van der Waals surface area contributed by atoms with E-state index in [1.807, 2.05) is 6.92 Å². The number of nitrogens with two attached hydrogens (primary N) is 1. The molecule has 0 amide bonds. The van der Waals surface area contributed by atoms with Crippen LogP contribution >= 0.6 is 0 Å². The second kappa shape index (κ2) is 8.49. The van der Waals surface area contributed by atoms with Crippen molar-refractivity contribution >= 4 is 0 Å². The first-order valence-electron chi connectivity index (χ1n) is 8.51. The Morgan fingerprint density at radius 1 is 1.12 bits per heavy atom. The summed E-state index contributed by atoms with van der Waals surface area (Å²) < 4.78 is 46.5. The average Bonchev–Trinajstić information content (AvgIpc) is 2.56. The molecule has 0 aliphatic heterocycles. The van der Waals surface area contributed by atoms with E-state index in [9.17, 15) is 13.2 Å². The van der Waals surface area contributed by atoms with Crippen LogP contribution < -0.4 is 10.5 Å². The summed E-state index contributed by atoms with van der Waals surface area (Å²) in [5.41, 5.74) is 6.40. The summed E-state index contributed by atoms with van der Waals surface area (Å²) in [6, 6.07) is 2.60. The van der Waals surface area contributed by atoms with Gasteiger partial charge in [-0.05, 0) is 31.4 Å². The summed E-state index contributed by atoms with van der Waals surface area (Å²) >= 11 is 0. The van der Waals surface area contributed by atoms with Crippen molar-refractivity contribution in [1.29, 1.82) is 0 Å². The Kier molecular flexibility index (Phi) is 6.58. The van der Waals surface area contributed by atoms with Crippen LogP contribution in [0.4, 0.5) is 13.2 Å². The Hall–Kier alpha value is -2.15. The van der Waals surface area contributed by atoms with Crippen LogP contribution in [0.1, 0.15) is 44.9 Å². The van der Waals surface area contributed by atoms with E-state index in [0.29, 0.717) is 11.6 Å². The van der Waals surface area contributed by atoms with E-state index in [1.54, 1.807) is 6.92 Å². The lowest BCUT2D eigenvalue weighted by Gasteiger charge is -2.24. The van der Waals surface area contributed by atoms with E-state index in [1.165, 1.54) is 12.3 Å². The number of hydrogen-bond donors (Lipinski definition) is 1. The Bertz CT molecular complexity index is 753. The zero-order valence-corrected chi connectivity index (χ0v) is 15.3. The minimum Gasteiger partial charge on any atom is -0.473 e. The van der Waals surface area contributed by atoms with E-state index < -0.39 is 18.5 Å². The number of aryl methyl sites for hydroxylation is 1. The Labute approximate surface area is 151 Å². The van der Waals surface area contributed by atoms with Gasteiger partial charge in [-0.1, -0.05) is 20.8 Å². The largest absolute Gasteiger partial charge is 0.473 e. The van der Waals surface area contributed by atoms with E-state index in [-0.39, 0.29) is 28.5 Å². The fraction of sp³-hybridized carbons (Fsp3) is 0.474. The molecule has 0 spiro atoms. The van der Waals surface area contributed by atoms with Crippen molar-refractivity contribution in [3.8, 4) is 17.0 Å². The van der Waals surface area contributed by atoms with Crippen molar-refractivity contribution < 1.29 is 17.9 Å². The third kappa shape index (κ3) is 4.94. The number of alkyl halides is 2. The van der Waals surface area contributed by atoms with Crippen molar-refractivity contribution in [3.05, 3.63) is 41.6 Å². The molecule has 0 aromatic carbocycles. The van der Waals surface area contributed by atoms with Crippen LogP contribution in [0.25, 0.3) is 11.3 Å². The van der Waals surface area contributed by atoms with E-state index in [4.69, 9.17) is 10.5 Å². The Balaban J connectivity index is 2.33. The van der Waals surface area contributed by atoms with Gasteiger partial charge in [-0.3, -0.25) is 15.7 Å². The highest BCUT2D eigenvalue weighted by Gasteiger charge is 2.22. The molecule has 0 aliphatic carbocycles. The summed E-state index contributed by atoms with van der Waals surface area (Å²) in [6.45, 7) is 7.69. The van der Waals surface area contributed by atoms with Gasteiger partial charge in [-0.2, -0.15) is 0 Å². The predicted octanol–water partition coefficient (Wildman–Crippen LogP) is 4.87. The molecule has 0 radical (unpaired) electrons. The minimum absolute atomic E-state index is 0.0134. The molecule has 2 N–H and O–H groups in total. The molecule has 0 fully saturated rings. The fourth-order valence-electron chi connectivity index (χ4n) is 2.75. The molecule has 2 heterocycles. The lowest BCUT2D eigenvalue weighted by atomic mass is 9.97. The molecule has 2 atom stereocenters. The van der Waals surface area contributed by atoms with Crippen LogP contribution in [0.15, 0.2) is 24.5 Å². The molecule has 26 heavy (non-hydrogen) atoms. The smallest absolute Gasteiger partial charge is 0.267 e. The summed E-state index contributed by atoms with van der Waals surface area (Å²) in [4.78, 5) is 7.92. The van der Waals surface area contributed by atoms with Gasteiger partial charge in [0.1, 0.15) is 12.0 Å². The molecule has 0 saturated carbocycles. The van der Waals surface area contributed by atoms with Crippen LogP contribution in [0, 0.1) is 24.6 Å². The number of hydrogen-bond acceptors (Lipinski definition) is 4. The zero-order valence-electron chi connectivity index (χ0n) is 15.3. The standard InChI is InChI=1S/C19H24F3N3O/c1-10(2)5-11(3)19(23)26-17-9-25-16(7-14(17)18(21)22)13-6-12(4)24-8-15(13)20/h6-11,18-19H,5,23H2,1-4H3/t11?,19-/m1/s1. The second-order valence-corrected chi connectivity index (χ2v) is 6.90. The van der Waals surface area contributed by atoms with Gasteiger partial charge in [0, 0.05) is 17.2 Å². The maximum absolute atomic E-state index is 14.0. The lowest BCUT2D eigenvalue weighted by Crippen LogP contribution is -2.35. The monoisotopic (exact) mass is 367 g/mol. The maximum atomic E-state index is 14.0. The van der Waals surface area contributed by atoms with Crippen molar-refractivity contribution in [2.75, 3.05) is 0 Å². The molecule has 2 aromatic rings. The van der Waals surface area contributed by atoms with Crippen LogP contribution in [0.5, 0.6) is 5.75 Å². The first-order chi connectivity index (χ1) is 12.2. The number of aromatic nitrogens is 2.